The Labute approximate surface area is 130 Å². The van der Waals surface area contributed by atoms with Crippen molar-refractivity contribution in [2.24, 2.45) is 0 Å². The average molecular weight is 340 g/mol. The molecule has 23 heavy (non-hydrogen) atoms. The minimum atomic E-state index is -1.89. The van der Waals surface area contributed by atoms with E-state index in [4.69, 9.17) is 19.3 Å². The summed E-state index contributed by atoms with van der Waals surface area (Å²) >= 11 is 0. The number of carboxylic acid groups (broad SMARTS) is 1. The van der Waals surface area contributed by atoms with Gasteiger partial charge in [-0.2, -0.15) is 0 Å². The molecule has 2 heterocycles. The van der Waals surface area contributed by atoms with Crippen LogP contribution in [0, 0.1) is 0 Å². The van der Waals surface area contributed by atoms with Crippen molar-refractivity contribution in [2.45, 2.75) is 68.3 Å². The molecule has 0 saturated carbocycles. The Kier molecular flexibility index (Phi) is 5.56. The van der Waals surface area contributed by atoms with Crippen LogP contribution in [0.1, 0.15) is 6.92 Å². The second-order valence-corrected chi connectivity index (χ2v) is 5.55. The number of hydrogen-bond donors (Lipinski definition) is 7. The van der Waals surface area contributed by atoms with Crippen LogP contribution in [0.25, 0.3) is 0 Å². The van der Waals surface area contributed by atoms with E-state index in [2.05, 4.69) is 0 Å². The first-order chi connectivity index (χ1) is 10.6. The predicted octanol–water partition coefficient (Wildman–Crippen LogP) is -4.28. The van der Waals surface area contributed by atoms with Crippen LogP contribution in [-0.2, 0) is 19.0 Å². The van der Waals surface area contributed by atoms with Crippen molar-refractivity contribution in [3.63, 3.8) is 0 Å². The van der Waals surface area contributed by atoms with Gasteiger partial charge in [-0.25, -0.2) is 4.79 Å². The highest BCUT2D eigenvalue weighted by Gasteiger charge is 2.51. The van der Waals surface area contributed by atoms with Crippen LogP contribution in [0.3, 0.4) is 0 Å². The van der Waals surface area contributed by atoms with E-state index in [1.54, 1.807) is 0 Å². The third kappa shape index (κ3) is 3.47. The molecule has 2 aliphatic heterocycles. The number of ether oxygens (including phenoxy) is 3. The molecule has 0 unspecified atom stereocenters. The Morgan fingerprint density at radius 3 is 2.04 bits per heavy atom. The van der Waals surface area contributed by atoms with E-state index < -0.39 is 67.4 Å². The Balaban J connectivity index is 2.15. The highest BCUT2D eigenvalue weighted by molar-refractivity contribution is 5.73. The van der Waals surface area contributed by atoms with Gasteiger partial charge in [0.05, 0.1) is 6.10 Å². The third-order valence-electron chi connectivity index (χ3n) is 3.90. The SMILES string of the molecule is C[C@@H]1O[C@H](O)[C@H](O)[C@H](O[C@H]2O[C@H](C(=O)O)[C@@H](O)[C@H](O)[C@H]2O)[C@H]1O. The van der Waals surface area contributed by atoms with Gasteiger partial charge in [0.2, 0.25) is 0 Å². The quantitative estimate of drug-likeness (QED) is 0.263. The van der Waals surface area contributed by atoms with Gasteiger partial charge < -0.3 is 50.0 Å². The topological polar surface area (TPSA) is 186 Å². The van der Waals surface area contributed by atoms with Gasteiger partial charge in [-0.15, -0.1) is 0 Å². The molecule has 2 fully saturated rings. The van der Waals surface area contributed by atoms with Crippen molar-refractivity contribution in [1.82, 2.24) is 0 Å². The Morgan fingerprint density at radius 2 is 1.48 bits per heavy atom. The number of hydrogen-bond acceptors (Lipinski definition) is 10. The molecule has 0 aromatic rings. The van der Waals surface area contributed by atoms with Gasteiger partial charge in [0.15, 0.2) is 18.7 Å². The summed E-state index contributed by atoms with van der Waals surface area (Å²) in [5.41, 5.74) is 0. The van der Waals surface area contributed by atoms with Gasteiger partial charge in [0.25, 0.3) is 0 Å². The van der Waals surface area contributed by atoms with E-state index in [0.29, 0.717) is 0 Å². The van der Waals surface area contributed by atoms with E-state index in [9.17, 15) is 35.4 Å². The highest BCUT2D eigenvalue weighted by Crippen LogP contribution is 2.28. The standard InChI is InChI=1S/C12H20O11/c1-2-3(13)8(7(17)11(20)21-2)22-12-6(16)4(14)5(15)9(23-12)10(18)19/h2-9,11-17,20H,1H3,(H,18,19)/t2-,3-,4-,5-,6+,7+,8+,9-,11-,12-/m0/s1. The zero-order valence-corrected chi connectivity index (χ0v) is 12.0. The number of rotatable bonds is 3. The van der Waals surface area contributed by atoms with Crippen LogP contribution in [0.15, 0.2) is 0 Å². The van der Waals surface area contributed by atoms with E-state index in [1.165, 1.54) is 6.92 Å². The molecular weight excluding hydrogens is 320 g/mol. The molecule has 2 rings (SSSR count). The molecule has 11 nitrogen and oxygen atoms in total. The lowest BCUT2D eigenvalue weighted by Crippen LogP contribution is -2.64. The van der Waals surface area contributed by atoms with E-state index >= 15 is 0 Å². The Bertz CT molecular complexity index is 417. The maximum atomic E-state index is 11.0. The lowest BCUT2D eigenvalue weighted by atomic mass is 9.97. The number of carbonyl (C=O) groups is 1. The summed E-state index contributed by atoms with van der Waals surface area (Å²) in [6, 6.07) is 0. The van der Waals surface area contributed by atoms with Gasteiger partial charge in [0, 0.05) is 0 Å². The maximum absolute atomic E-state index is 11.0. The first-order valence-corrected chi connectivity index (χ1v) is 6.92. The van der Waals surface area contributed by atoms with Crippen LogP contribution in [0.5, 0.6) is 0 Å². The highest BCUT2D eigenvalue weighted by atomic mass is 16.7. The Morgan fingerprint density at radius 1 is 0.870 bits per heavy atom. The molecule has 0 radical (unpaired) electrons. The number of aliphatic carboxylic acids is 1. The van der Waals surface area contributed by atoms with Crippen LogP contribution in [-0.4, -0.2) is 103 Å². The van der Waals surface area contributed by atoms with Crippen molar-refractivity contribution < 1.29 is 54.8 Å². The van der Waals surface area contributed by atoms with Gasteiger partial charge in [-0.05, 0) is 6.92 Å². The molecule has 2 saturated heterocycles. The number of carboxylic acids is 1. The minimum Gasteiger partial charge on any atom is -0.479 e. The molecule has 134 valence electrons. The average Bonchev–Trinajstić information content (AvgIpc) is 2.49. The zero-order valence-electron chi connectivity index (χ0n) is 12.0. The van der Waals surface area contributed by atoms with Crippen molar-refractivity contribution >= 4 is 5.97 Å². The van der Waals surface area contributed by atoms with Crippen LogP contribution in [0.2, 0.25) is 0 Å². The van der Waals surface area contributed by atoms with E-state index in [1.807, 2.05) is 0 Å². The summed E-state index contributed by atoms with van der Waals surface area (Å²) in [5.74, 6) is -1.60. The minimum absolute atomic E-state index is 0.926. The number of aliphatic hydroxyl groups excluding tert-OH is 6. The second kappa shape index (κ2) is 6.93. The molecule has 2 aliphatic rings. The zero-order chi connectivity index (χ0) is 17.5. The molecular formula is C12H20O11. The molecule has 11 heteroatoms. The fourth-order valence-corrected chi connectivity index (χ4v) is 2.49. The first-order valence-electron chi connectivity index (χ1n) is 6.92. The molecule has 7 N–H and O–H groups in total. The fourth-order valence-electron chi connectivity index (χ4n) is 2.49. The molecule has 0 bridgehead atoms. The van der Waals surface area contributed by atoms with Gasteiger partial charge in [-0.1, -0.05) is 0 Å². The molecule has 10 atom stereocenters. The van der Waals surface area contributed by atoms with E-state index in [-0.39, 0.29) is 0 Å². The normalized spacial score (nSPS) is 51.4. The van der Waals surface area contributed by atoms with Gasteiger partial charge in [-0.3, -0.25) is 0 Å². The Hall–Kier alpha value is -0.890. The largest absolute Gasteiger partial charge is 0.479 e. The third-order valence-corrected chi connectivity index (χ3v) is 3.90. The summed E-state index contributed by atoms with van der Waals surface area (Å²) in [4.78, 5) is 11.0. The molecule has 0 aromatic heterocycles. The summed E-state index contributed by atoms with van der Waals surface area (Å²) in [5, 5.41) is 67.3. The van der Waals surface area contributed by atoms with Crippen molar-refractivity contribution in [3.05, 3.63) is 0 Å². The lowest BCUT2D eigenvalue weighted by molar-refractivity contribution is -0.348. The van der Waals surface area contributed by atoms with Crippen LogP contribution < -0.4 is 0 Å². The van der Waals surface area contributed by atoms with Gasteiger partial charge >= 0.3 is 5.97 Å². The van der Waals surface area contributed by atoms with Crippen molar-refractivity contribution in [2.75, 3.05) is 0 Å². The van der Waals surface area contributed by atoms with Crippen molar-refractivity contribution in [1.29, 1.82) is 0 Å². The summed E-state index contributed by atoms with van der Waals surface area (Å²) in [6.45, 7) is 1.40. The molecule has 0 spiro atoms. The van der Waals surface area contributed by atoms with Crippen molar-refractivity contribution in [3.8, 4) is 0 Å². The monoisotopic (exact) mass is 340 g/mol. The van der Waals surface area contributed by atoms with Gasteiger partial charge in [0.1, 0.15) is 36.6 Å². The molecule has 0 amide bonds. The summed E-state index contributed by atoms with van der Waals surface area (Å²) in [6.07, 6.45) is -16.5. The molecule has 0 aliphatic carbocycles. The fraction of sp³-hybridized carbons (Fsp3) is 0.917. The van der Waals surface area contributed by atoms with E-state index in [0.717, 1.165) is 0 Å². The lowest BCUT2D eigenvalue weighted by Gasteiger charge is -2.44. The van der Waals surface area contributed by atoms with Crippen LogP contribution >= 0.6 is 0 Å². The molecule has 0 aromatic carbocycles. The second-order valence-electron chi connectivity index (χ2n) is 5.55. The summed E-state index contributed by atoms with van der Waals surface area (Å²) < 4.78 is 14.9. The predicted molar refractivity (Wildman–Crippen MR) is 67.8 cm³/mol. The first kappa shape index (κ1) is 18.4. The number of aliphatic hydroxyl groups is 6. The smallest absolute Gasteiger partial charge is 0.335 e. The summed E-state index contributed by atoms with van der Waals surface area (Å²) in [7, 11) is 0. The van der Waals surface area contributed by atoms with Crippen LogP contribution in [0.4, 0.5) is 0 Å². The maximum Gasteiger partial charge on any atom is 0.335 e.